The van der Waals surface area contributed by atoms with Crippen LogP contribution in [0.1, 0.15) is 39.1 Å². The van der Waals surface area contributed by atoms with Crippen LogP contribution < -0.4 is 14.8 Å². The fourth-order valence-electron chi connectivity index (χ4n) is 5.00. The van der Waals surface area contributed by atoms with Gasteiger partial charge in [0.15, 0.2) is 11.0 Å². The topological polar surface area (TPSA) is 111 Å². The summed E-state index contributed by atoms with van der Waals surface area (Å²) in [5, 5.41) is 21.0. The monoisotopic (exact) mass is 672 g/mol. The maximum Gasteiger partial charge on any atom is 0.253 e. The van der Waals surface area contributed by atoms with E-state index in [1.165, 1.54) is 11.8 Å². The molecule has 3 heterocycles. The lowest BCUT2D eigenvalue weighted by Gasteiger charge is -2.22. The highest BCUT2D eigenvalue weighted by Crippen LogP contribution is 2.35. The van der Waals surface area contributed by atoms with Crippen molar-refractivity contribution < 1.29 is 19.1 Å². The second kappa shape index (κ2) is 14.2. The number of thiophene rings is 1. The van der Waals surface area contributed by atoms with Gasteiger partial charge in [-0.25, -0.2) is 5.01 Å². The number of thioether (sulfide) groups is 1. The first-order valence-corrected chi connectivity index (χ1v) is 16.5. The molecule has 3 aromatic carbocycles. The molecule has 0 saturated carbocycles. The van der Waals surface area contributed by atoms with Crippen LogP contribution in [-0.2, 0) is 11.3 Å². The van der Waals surface area contributed by atoms with Gasteiger partial charge in [0.1, 0.15) is 11.5 Å². The molecule has 0 spiro atoms. The summed E-state index contributed by atoms with van der Waals surface area (Å²) in [5.74, 6) is 1.50. The number of halogens is 1. The quantitative estimate of drug-likeness (QED) is 0.162. The van der Waals surface area contributed by atoms with Gasteiger partial charge in [0, 0.05) is 17.0 Å². The number of nitrogens with zero attached hydrogens (tertiary/aromatic N) is 5. The third kappa shape index (κ3) is 6.94. The summed E-state index contributed by atoms with van der Waals surface area (Å²) < 4.78 is 12.3. The molecule has 2 amide bonds. The summed E-state index contributed by atoms with van der Waals surface area (Å²) in [6.07, 6.45) is 0.597. The molecule has 0 bridgehead atoms. The van der Waals surface area contributed by atoms with Crippen LogP contribution in [0.15, 0.2) is 101 Å². The minimum absolute atomic E-state index is 0.0603. The summed E-state index contributed by atoms with van der Waals surface area (Å²) >= 11 is 9.18. The van der Waals surface area contributed by atoms with E-state index in [0.717, 1.165) is 21.9 Å². The number of carbonyl (C=O) groups is 2. The largest absolute Gasteiger partial charge is 0.497 e. The Morgan fingerprint density at radius 1 is 0.978 bits per heavy atom. The van der Waals surface area contributed by atoms with Crippen LogP contribution >= 0.6 is 34.7 Å². The molecule has 0 radical (unpaired) electrons. The van der Waals surface area contributed by atoms with E-state index in [2.05, 4.69) is 15.5 Å². The van der Waals surface area contributed by atoms with Gasteiger partial charge in [-0.1, -0.05) is 47.6 Å². The van der Waals surface area contributed by atoms with Crippen molar-refractivity contribution in [2.24, 2.45) is 5.10 Å². The third-order valence-corrected chi connectivity index (χ3v) is 9.39. The summed E-state index contributed by atoms with van der Waals surface area (Å²) in [6.45, 7) is 0.0962. The number of hydrogen-bond donors (Lipinski definition) is 1. The first-order valence-electron chi connectivity index (χ1n) is 14.3. The van der Waals surface area contributed by atoms with Crippen LogP contribution in [0.5, 0.6) is 11.5 Å². The fourth-order valence-corrected chi connectivity index (χ4v) is 6.73. The van der Waals surface area contributed by atoms with Gasteiger partial charge in [-0.2, -0.15) is 5.10 Å². The molecule has 234 valence electrons. The first-order chi connectivity index (χ1) is 22.4. The van der Waals surface area contributed by atoms with Gasteiger partial charge in [0.2, 0.25) is 0 Å². The molecular weight excluding hydrogens is 644 g/mol. The average molecular weight is 673 g/mol. The summed E-state index contributed by atoms with van der Waals surface area (Å²) in [6, 6.07) is 25.5. The Morgan fingerprint density at radius 3 is 2.39 bits per heavy atom. The molecule has 0 fully saturated rings. The van der Waals surface area contributed by atoms with Gasteiger partial charge in [0.25, 0.3) is 11.8 Å². The Labute approximate surface area is 279 Å². The van der Waals surface area contributed by atoms with E-state index in [1.807, 2.05) is 53.9 Å². The number of nitrogens with one attached hydrogen (secondary N) is 1. The predicted octanol–water partition coefficient (Wildman–Crippen LogP) is 6.40. The smallest absolute Gasteiger partial charge is 0.253 e. The SMILES string of the molecule is COc1ccc(C(=O)NCc2nnc(SCC(=O)N3N=C(c4cccs4)C[C@@H]3c3ccc(OC)cc3)n2-c2cccc(Cl)c2)cc1. The summed E-state index contributed by atoms with van der Waals surface area (Å²) in [4.78, 5) is 27.7. The highest BCUT2D eigenvalue weighted by Gasteiger charge is 2.33. The molecule has 1 atom stereocenters. The van der Waals surface area contributed by atoms with Gasteiger partial charge in [-0.3, -0.25) is 14.2 Å². The Morgan fingerprint density at radius 2 is 1.72 bits per heavy atom. The lowest BCUT2D eigenvalue weighted by molar-refractivity contribution is -0.130. The second-order valence-electron chi connectivity index (χ2n) is 10.2. The third-order valence-electron chi connectivity index (χ3n) is 7.32. The van der Waals surface area contributed by atoms with Crippen LogP contribution in [0.3, 0.4) is 0 Å². The lowest BCUT2D eigenvalue weighted by atomic mass is 10.0. The number of aromatic nitrogens is 3. The van der Waals surface area contributed by atoms with Crippen LogP contribution in [-0.4, -0.2) is 57.3 Å². The zero-order valence-electron chi connectivity index (χ0n) is 24.9. The minimum Gasteiger partial charge on any atom is -0.497 e. The number of carbonyl (C=O) groups excluding carboxylic acids is 2. The highest BCUT2D eigenvalue weighted by atomic mass is 35.5. The fraction of sp³-hybridized carbons (Fsp3) is 0.182. The van der Waals surface area contributed by atoms with Gasteiger partial charge in [-0.05, 0) is 71.6 Å². The van der Waals surface area contributed by atoms with Crippen molar-refractivity contribution in [3.8, 4) is 17.2 Å². The Kier molecular flexibility index (Phi) is 9.67. The Balaban J connectivity index is 1.22. The second-order valence-corrected chi connectivity index (χ2v) is 12.5. The maximum absolute atomic E-state index is 13.8. The zero-order chi connectivity index (χ0) is 32.0. The van der Waals surface area contributed by atoms with E-state index in [1.54, 1.807) is 71.5 Å². The normalized spacial score (nSPS) is 14.2. The number of hydrazone groups is 1. The van der Waals surface area contributed by atoms with Crippen LogP contribution in [0.2, 0.25) is 5.02 Å². The molecule has 5 aromatic rings. The zero-order valence-corrected chi connectivity index (χ0v) is 27.3. The molecule has 0 unspecified atom stereocenters. The maximum atomic E-state index is 13.8. The lowest BCUT2D eigenvalue weighted by Crippen LogP contribution is -2.28. The van der Waals surface area contributed by atoms with Gasteiger partial charge in [0.05, 0.1) is 48.8 Å². The van der Waals surface area contributed by atoms with Crippen molar-refractivity contribution in [2.75, 3.05) is 20.0 Å². The van der Waals surface area contributed by atoms with Crippen molar-refractivity contribution in [3.05, 3.63) is 117 Å². The van der Waals surface area contributed by atoms with Crippen molar-refractivity contribution in [3.63, 3.8) is 0 Å². The molecule has 6 rings (SSSR count). The number of methoxy groups -OCH3 is 2. The van der Waals surface area contributed by atoms with Crippen molar-refractivity contribution in [1.29, 1.82) is 0 Å². The summed E-state index contributed by atoms with van der Waals surface area (Å²) in [7, 11) is 3.19. The van der Waals surface area contributed by atoms with Gasteiger partial charge in [-0.15, -0.1) is 21.5 Å². The van der Waals surface area contributed by atoms with Crippen molar-refractivity contribution in [2.45, 2.75) is 24.2 Å². The molecule has 0 saturated heterocycles. The average Bonchev–Trinajstić information content (AvgIpc) is 3.86. The van der Waals surface area contributed by atoms with E-state index < -0.39 is 0 Å². The Hall–Kier alpha value is -4.65. The molecule has 46 heavy (non-hydrogen) atoms. The van der Waals surface area contributed by atoms with E-state index >= 15 is 0 Å². The van der Waals surface area contributed by atoms with E-state index in [0.29, 0.717) is 39.4 Å². The number of ether oxygens (including phenoxy) is 2. The molecule has 1 N–H and O–H groups in total. The molecule has 0 aliphatic carbocycles. The van der Waals surface area contributed by atoms with Crippen molar-refractivity contribution >= 4 is 52.2 Å². The minimum atomic E-state index is -0.273. The van der Waals surface area contributed by atoms with E-state index in [4.69, 9.17) is 26.2 Å². The standard InChI is InChI=1S/C33H29ClN6O4S2/c1-43-25-12-8-21(9-13-25)28-18-27(29-7-4-16-45-29)38-40(28)31(41)20-46-33-37-36-30(39(33)24-6-3-5-23(34)17-24)19-35-32(42)22-10-14-26(44-2)15-11-22/h3-17,28H,18-20H2,1-2H3,(H,35,42)/t28-/m1/s1. The predicted molar refractivity (Wildman–Crippen MR) is 179 cm³/mol. The number of benzene rings is 3. The van der Waals surface area contributed by atoms with Gasteiger partial charge >= 0.3 is 0 Å². The van der Waals surface area contributed by atoms with E-state index in [-0.39, 0.29) is 30.2 Å². The molecule has 1 aliphatic heterocycles. The molecule has 2 aromatic heterocycles. The first kappa shape index (κ1) is 31.3. The number of rotatable bonds is 11. The molecule has 1 aliphatic rings. The van der Waals surface area contributed by atoms with Crippen molar-refractivity contribution in [1.82, 2.24) is 25.1 Å². The van der Waals surface area contributed by atoms with Crippen LogP contribution in [0, 0.1) is 0 Å². The Bertz CT molecular complexity index is 1860. The van der Waals surface area contributed by atoms with E-state index in [9.17, 15) is 9.59 Å². The summed E-state index contributed by atoms with van der Waals surface area (Å²) in [5.41, 5.74) is 3.02. The highest BCUT2D eigenvalue weighted by molar-refractivity contribution is 7.99. The molecule has 13 heteroatoms. The number of amides is 2. The van der Waals surface area contributed by atoms with Crippen LogP contribution in [0.25, 0.3) is 5.69 Å². The van der Waals surface area contributed by atoms with Gasteiger partial charge < -0.3 is 14.8 Å². The van der Waals surface area contributed by atoms with Crippen LogP contribution in [0.4, 0.5) is 0 Å². The number of hydrogen-bond acceptors (Lipinski definition) is 9. The molecular formula is C33H29ClN6O4S2. The molecule has 10 nitrogen and oxygen atoms in total.